The molecule has 0 aromatic heterocycles. The Labute approximate surface area is 128 Å². The fraction of sp³-hybridized carbons (Fsp3) is 0.222. The molecular weight excluding hydrogens is 356 g/mol. The number of alkyl halides is 3. The maximum absolute atomic E-state index is 10.1. The lowest BCUT2D eigenvalue weighted by molar-refractivity contribution is 0.253. The van der Waals surface area contributed by atoms with Crippen molar-refractivity contribution in [1.29, 1.82) is 0 Å². The van der Waals surface area contributed by atoms with Gasteiger partial charge in [-0.15, -0.1) is 0 Å². The van der Waals surface area contributed by atoms with Crippen molar-refractivity contribution in [3.63, 3.8) is 0 Å². The lowest BCUT2D eigenvalue weighted by Crippen LogP contribution is -2.21. The van der Waals surface area contributed by atoms with Crippen LogP contribution in [-0.4, -0.2) is 16.2 Å². The van der Waals surface area contributed by atoms with Gasteiger partial charge >= 0.3 is 6.72 Å². The Morgan fingerprint density at radius 1 is 1.42 bits per heavy atom. The summed E-state index contributed by atoms with van der Waals surface area (Å²) in [6.07, 6.45) is 1.42. The fourth-order valence-corrected chi connectivity index (χ4v) is 4.90. The highest BCUT2D eigenvalue weighted by Crippen LogP contribution is 2.64. The van der Waals surface area contributed by atoms with Gasteiger partial charge in [0, 0.05) is 11.8 Å². The molecule has 102 valence electrons. The summed E-state index contributed by atoms with van der Waals surface area (Å²) in [5.74, 6) is 0.350. The minimum Gasteiger partial charge on any atom is -0.424 e. The molecule has 1 aliphatic heterocycles. The maximum atomic E-state index is 10.1. The van der Waals surface area contributed by atoms with Gasteiger partial charge < -0.3 is 4.52 Å². The number of hydrogen-bond donors (Lipinski definition) is 0. The number of carbonyl (C=O) groups excluding carboxylic acids is 1. The zero-order valence-corrected chi connectivity index (χ0v) is 12.9. The molecule has 0 aliphatic carbocycles. The van der Waals surface area contributed by atoms with E-state index in [4.69, 9.17) is 60.2 Å². The lowest BCUT2D eigenvalue weighted by atomic mass is 10.3. The molecule has 2 rings (SSSR count). The van der Waals surface area contributed by atoms with E-state index in [1.807, 2.05) is 0 Å². The van der Waals surface area contributed by atoms with Gasteiger partial charge in [0.2, 0.25) is 6.08 Å². The standard InChI is InChI=1S/C9H5Cl3NO4PS/c10-8-9(11,12)17-18(19,16-8)15-7-3-1-6(2-4-7)13-5-14/h1-4,8H. The van der Waals surface area contributed by atoms with Crippen LogP contribution in [0.4, 0.5) is 5.69 Å². The van der Waals surface area contributed by atoms with E-state index in [1.165, 1.54) is 30.3 Å². The minimum absolute atomic E-state index is 0.350. The van der Waals surface area contributed by atoms with Crippen LogP contribution in [-0.2, 0) is 25.6 Å². The van der Waals surface area contributed by atoms with Crippen LogP contribution in [0.1, 0.15) is 0 Å². The summed E-state index contributed by atoms with van der Waals surface area (Å²) in [7, 11) is 0. The van der Waals surface area contributed by atoms with Crippen LogP contribution in [0.3, 0.4) is 0 Å². The predicted molar refractivity (Wildman–Crippen MR) is 75.4 cm³/mol. The molecule has 0 N–H and O–H groups in total. The number of benzene rings is 1. The molecule has 0 amide bonds. The summed E-state index contributed by atoms with van der Waals surface area (Å²) >= 11 is 22.3. The topological polar surface area (TPSA) is 57.1 Å². The number of aliphatic imine (C=N–C) groups is 1. The highest BCUT2D eigenvalue weighted by atomic mass is 35.5. The maximum Gasteiger partial charge on any atom is 0.385 e. The first kappa shape index (κ1) is 15.2. The van der Waals surface area contributed by atoms with Crippen LogP contribution < -0.4 is 4.52 Å². The third-order valence-electron chi connectivity index (χ3n) is 1.95. The van der Waals surface area contributed by atoms with Gasteiger partial charge in [0.05, 0.1) is 5.69 Å². The zero-order chi connectivity index (χ0) is 14.1. The van der Waals surface area contributed by atoms with Gasteiger partial charge in [-0.05, 0) is 24.3 Å². The average molecular weight is 361 g/mol. The normalized spacial score (nSPS) is 28.7. The van der Waals surface area contributed by atoms with Crippen LogP contribution in [0.25, 0.3) is 0 Å². The second kappa shape index (κ2) is 5.68. The van der Waals surface area contributed by atoms with Crippen LogP contribution in [0.5, 0.6) is 5.75 Å². The first-order valence-electron chi connectivity index (χ1n) is 4.73. The molecule has 0 bridgehead atoms. The van der Waals surface area contributed by atoms with Crippen LogP contribution in [0.15, 0.2) is 29.3 Å². The number of halogens is 3. The van der Waals surface area contributed by atoms with E-state index in [0.717, 1.165) is 0 Å². The van der Waals surface area contributed by atoms with E-state index in [0.29, 0.717) is 11.4 Å². The van der Waals surface area contributed by atoms with E-state index >= 15 is 0 Å². The molecule has 0 saturated carbocycles. The molecule has 1 aliphatic rings. The van der Waals surface area contributed by atoms with Gasteiger partial charge in [0.1, 0.15) is 5.75 Å². The minimum atomic E-state index is -3.17. The summed E-state index contributed by atoms with van der Waals surface area (Å²) in [5, 5.41) is 0. The number of nitrogens with zero attached hydrogens (tertiary/aromatic N) is 1. The molecule has 2 atom stereocenters. The van der Waals surface area contributed by atoms with E-state index in [-0.39, 0.29) is 0 Å². The molecular formula is C9H5Cl3NO4PS. The Kier molecular flexibility index (Phi) is 4.56. The Morgan fingerprint density at radius 3 is 2.53 bits per heavy atom. The van der Waals surface area contributed by atoms with E-state index in [2.05, 4.69) is 4.99 Å². The highest BCUT2D eigenvalue weighted by Gasteiger charge is 2.52. The molecule has 1 heterocycles. The first-order valence-corrected chi connectivity index (χ1v) is 8.48. The van der Waals surface area contributed by atoms with Crippen LogP contribution in [0, 0.1) is 0 Å². The number of isocyanates is 1. The van der Waals surface area contributed by atoms with Crippen molar-refractivity contribution in [2.24, 2.45) is 4.99 Å². The average Bonchev–Trinajstić information content (AvgIpc) is 2.50. The van der Waals surface area contributed by atoms with E-state index < -0.39 is 16.8 Å². The summed E-state index contributed by atoms with van der Waals surface area (Å²) in [5.41, 5.74) is -0.702. The van der Waals surface area contributed by atoms with Gasteiger partial charge in [-0.25, -0.2) is 4.79 Å². The van der Waals surface area contributed by atoms with Gasteiger partial charge in [-0.3, -0.25) is 9.05 Å². The molecule has 0 radical (unpaired) electrons. The monoisotopic (exact) mass is 359 g/mol. The second-order valence-electron chi connectivity index (χ2n) is 3.31. The molecule has 1 fully saturated rings. The number of rotatable bonds is 3. The van der Waals surface area contributed by atoms with Crippen molar-refractivity contribution in [3.8, 4) is 5.75 Å². The third-order valence-corrected chi connectivity index (χ3v) is 5.58. The predicted octanol–water partition coefficient (Wildman–Crippen LogP) is 4.00. The quantitative estimate of drug-likeness (QED) is 0.353. The van der Waals surface area contributed by atoms with Crippen molar-refractivity contribution in [3.05, 3.63) is 24.3 Å². The Morgan fingerprint density at radius 2 is 2.05 bits per heavy atom. The second-order valence-corrected chi connectivity index (χ2v) is 7.83. The summed E-state index contributed by atoms with van der Waals surface area (Å²) in [6.45, 7) is -3.17. The molecule has 1 saturated heterocycles. The van der Waals surface area contributed by atoms with Crippen molar-refractivity contribution < 1.29 is 18.4 Å². The first-order chi connectivity index (χ1) is 8.85. The van der Waals surface area contributed by atoms with Crippen molar-refractivity contribution in [2.45, 2.75) is 10.1 Å². The van der Waals surface area contributed by atoms with Crippen LogP contribution >= 0.6 is 41.5 Å². The Hall–Kier alpha value is -0.160. The fourth-order valence-electron chi connectivity index (χ4n) is 1.19. The smallest absolute Gasteiger partial charge is 0.385 e. The zero-order valence-electron chi connectivity index (χ0n) is 8.96. The third kappa shape index (κ3) is 3.69. The summed E-state index contributed by atoms with van der Waals surface area (Å²) < 4.78 is 13.9. The van der Waals surface area contributed by atoms with Crippen molar-refractivity contribution >= 4 is 65.1 Å². The summed E-state index contributed by atoms with van der Waals surface area (Å²) in [6, 6.07) is 6.13. The van der Waals surface area contributed by atoms with Crippen molar-refractivity contribution in [1.82, 2.24) is 0 Å². The Bertz CT molecular complexity index is 575. The lowest BCUT2D eigenvalue weighted by Gasteiger charge is -2.15. The van der Waals surface area contributed by atoms with Crippen LogP contribution in [0.2, 0.25) is 0 Å². The molecule has 1 aromatic carbocycles. The van der Waals surface area contributed by atoms with E-state index in [1.54, 1.807) is 0 Å². The SMILES string of the molecule is O=C=Nc1ccc(OP2(=S)OC(Cl)C(Cl)(Cl)O2)cc1. The molecule has 5 nitrogen and oxygen atoms in total. The molecule has 0 spiro atoms. The highest BCUT2D eigenvalue weighted by molar-refractivity contribution is 8.07. The molecule has 19 heavy (non-hydrogen) atoms. The van der Waals surface area contributed by atoms with Gasteiger partial charge in [-0.2, -0.15) is 4.99 Å². The molecule has 10 heteroatoms. The van der Waals surface area contributed by atoms with Gasteiger partial charge in [-0.1, -0.05) is 34.8 Å². The summed E-state index contributed by atoms with van der Waals surface area (Å²) in [4.78, 5) is 13.5. The molecule has 2 unspecified atom stereocenters. The van der Waals surface area contributed by atoms with Gasteiger partial charge in [0.15, 0.2) is 5.56 Å². The Balaban J connectivity index is 2.13. The van der Waals surface area contributed by atoms with Crippen molar-refractivity contribution in [2.75, 3.05) is 0 Å². The van der Waals surface area contributed by atoms with E-state index in [9.17, 15) is 4.79 Å². The molecule has 1 aromatic rings. The number of hydrogen-bond acceptors (Lipinski definition) is 6. The van der Waals surface area contributed by atoms with Gasteiger partial charge in [0.25, 0.3) is 4.52 Å². The largest absolute Gasteiger partial charge is 0.424 e.